The number of sulfonamides is 1. The zero-order valence-corrected chi connectivity index (χ0v) is 12.7. The fourth-order valence-corrected chi connectivity index (χ4v) is 5.15. The van der Waals surface area contributed by atoms with E-state index in [1.807, 2.05) is 0 Å². The molecule has 1 aromatic heterocycles. The van der Waals surface area contributed by atoms with Gasteiger partial charge in [-0.05, 0) is 32.4 Å². The fourth-order valence-electron chi connectivity index (χ4n) is 2.32. The van der Waals surface area contributed by atoms with E-state index < -0.39 is 10.0 Å². The van der Waals surface area contributed by atoms with Gasteiger partial charge in [0.25, 0.3) is 0 Å². The van der Waals surface area contributed by atoms with Crippen LogP contribution in [0.3, 0.4) is 0 Å². The van der Waals surface area contributed by atoms with Crippen molar-refractivity contribution in [1.82, 2.24) is 4.72 Å². The van der Waals surface area contributed by atoms with Crippen LogP contribution in [0.2, 0.25) is 0 Å². The molecule has 0 spiro atoms. The van der Waals surface area contributed by atoms with Gasteiger partial charge in [-0.3, -0.25) is 0 Å². The second-order valence-electron chi connectivity index (χ2n) is 4.67. The van der Waals surface area contributed by atoms with Gasteiger partial charge in [-0.2, -0.15) is 11.8 Å². The lowest BCUT2D eigenvalue weighted by molar-refractivity contribution is 0.276. The van der Waals surface area contributed by atoms with Crippen molar-refractivity contribution in [2.24, 2.45) is 0 Å². The minimum absolute atomic E-state index is 0.0931. The van der Waals surface area contributed by atoms with E-state index in [1.54, 1.807) is 25.6 Å². The molecule has 2 rings (SSSR count). The van der Waals surface area contributed by atoms with Crippen molar-refractivity contribution in [3.05, 3.63) is 17.1 Å². The van der Waals surface area contributed by atoms with E-state index in [-0.39, 0.29) is 11.5 Å². The molecule has 2 heterocycles. The third-order valence-electron chi connectivity index (χ3n) is 3.28. The molecule has 0 amide bonds. The van der Waals surface area contributed by atoms with E-state index in [9.17, 15) is 13.5 Å². The number of rotatable bonds is 5. The van der Waals surface area contributed by atoms with E-state index >= 15 is 0 Å². The second-order valence-corrected chi connectivity index (χ2v) is 7.78. The Morgan fingerprint density at radius 1 is 1.42 bits per heavy atom. The van der Waals surface area contributed by atoms with Gasteiger partial charge < -0.3 is 9.52 Å². The zero-order valence-electron chi connectivity index (χ0n) is 11.1. The number of hydrogen-bond donors (Lipinski definition) is 2. The lowest BCUT2D eigenvalue weighted by atomic mass is 10.2. The molecule has 1 unspecified atom stereocenters. The van der Waals surface area contributed by atoms with E-state index in [0.717, 1.165) is 18.6 Å². The molecule has 1 aliphatic rings. The summed E-state index contributed by atoms with van der Waals surface area (Å²) in [6.07, 6.45) is 2.19. The van der Waals surface area contributed by atoms with Gasteiger partial charge in [0.15, 0.2) is 0 Å². The molecule has 19 heavy (non-hydrogen) atoms. The predicted octanol–water partition coefficient (Wildman–Crippen LogP) is 1.56. The standard InChI is InChI=1S/C12H19NO4S2/c1-8-11(7-14)12(9(2)17-8)19(15,16)13-6-10-4-3-5-18-10/h10,13-14H,3-7H2,1-2H3. The summed E-state index contributed by atoms with van der Waals surface area (Å²) in [5.41, 5.74) is 0.351. The maximum atomic E-state index is 12.3. The number of thioether (sulfide) groups is 1. The number of aliphatic hydroxyl groups is 1. The highest BCUT2D eigenvalue weighted by Gasteiger charge is 2.27. The second kappa shape index (κ2) is 5.87. The molecular formula is C12H19NO4S2. The average Bonchev–Trinajstić information content (AvgIpc) is 2.94. The van der Waals surface area contributed by atoms with Gasteiger partial charge in [0, 0.05) is 17.4 Å². The van der Waals surface area contributed by atoms with Crippen molar-refractivity contribution in [1.29, 1.82) is 0 Å². The van der Waals surface area contributed by atoms with Crippen molar-refractivity contribution < 1.29 is 17.9 Å². The van der Waals surface area contributed by atoms with Crippen LogP contribution in [0.4, 0.5) is 0 Å². The number of aryl methyl sites for hydroxylation is 2. The van der Waals surface area contributed by atoms with Crippen LogP contribution in [0.5, 0.6) is 0 Å². The van der Waals surface area contributed by atoms with Gasteiger partial charge in [0.05, 0.1) is 6.61 Å². The van der Waals surface area contributed by atoms with Crippen LogP contribution < -0.4 is 4.72 Å². The molecule has 5 nitrogen and oxygen atoms in total. The van der Waals surface area contributed by atoms with Crippen LogP contribution in [0.15, 0.2) is 9.31 Å². The third-order valence-corrected chi connectivity index (χ3v) is 6.29. The molecule has 0 bridgehead atoms. The molecule has 1 aromatic rings. The van der Waals surface area contributed by atoms with Crippen LogP contribution in [-0.2, 0) is 16.6 Å². The quantitative estimate of drug-likeness (QED) is 0.863. The molecule has 1 saturated heterocycles. The van der Waals surface area contributed by atoms with Crippen molar-refractivity contribution >= 4 is 21.8 Å². The monoisotopic (exact) mass is 305 g/mol. The number of aliphatic hydroxyl groups excluding tert-OH is 1. The van der Waals surface area contributed by atoms with Crippen molar-refractivity contribution in [3.8, 4) is 0 Å². The number of hydrogen-bond acceptors (Lipinski definition) is 5. The normalized spacial score (nSPS) is 20.1. The molecule has 108 valence electrons. The highest BCUT2D eigenvalue weighted by atomic mass is 32.2. The van der Waals surface area contributed by atoms with Crippen LogP contribution >= 0.6 is 11.8 Å². The summed E-state index contributed by atoms with van der Waals surface area (Å²) in [6, 6.07) is 0. The average molecular weight is 305 g/mol. The molecule has 0 aliphatic carbocycles. The Balaban J connectivity index is 2.19. The fraction of sp³-hybridized carbons (Fsp3) is 0.667. The predicted molar refractivity (Wildman–Crippen MR) is 74.8 cm³/mol. The molecule has 1 fully saturated rings. The first-order chi connectivity index (χ1) is 8.95. The van der Waals surface area contributed by atoms with Gasteiger partial charge in [-0.15, -0.1) is 0 Å². The summed E-state index contributed by atoms with van der Waals surface area (Å²) in [7, 11) is -3.62. The van der Waals surface area contributed by atoms with E-state index in [2.05, 4.69) is 4.72 Å². The van der Waals surface area contributed by atoms with E-state index in [4.69, 9.17) is 4.42 Å². The summed E-state index contributed by atoms with van der Waals surface area (Å²) in [4.78, 5) is 0.0931. The topological polar surface area (TPSA) is 79.5 Å². The Morgan fingerprint density at radius 3 is 2.74 bits per heavy atom. The molecule has 0 saturated carbocycles. The van der Waals surface area contributed by atoms with Crippen molar-refractivity contribution in [2.45, 2.75) is 43.4 Å². The van der Waals surface area contributed by atoms with Crippen LogP contribution in [0.1, 0.15) is 29.9 Å². The highest BCUT2D eigenvalue weighted by molar-refractivity contribution is 8.00. The summed E-state index contributed by atoms with van der Waals surface area (Å²) < 4.78 is 32.6. The molecule has 2 N–H and O–H groups in total. The maximum absolute atomic E-state index is 12.3. The van der Waals surface area contributed by atoms with Gasteiger partial charge in [0.2, 0.25) is 10.0 Å². The number of nitrogens with one attached hydrogen (secondary N) is 1. The van der Waals surface area contributed by atoms with Crippen LogP contribution in [-0.4, -0.2) is 31.1 Å². The van der Waals surface area contributed by atoms with Crippen molar-refractivity contribution in [2.75, 3.05) is 12.3 Å². The SMILES string of the molecule is Cc1oc(C)c(S(=O)(=O)NCC2CCCS2)c1CO. The molecule has 7 heteroatoms. The molecule has 0 aromatic carbocycles. The van der Waals surface area contributed by atoms with E-state index in [0.29, 0.717) is 28.9 Å². The summed E-state index contributed by atoms with van der Waals surface area (Å²) in [5, 5.41) is 9.65. The van der Waals surface area contributed by atoms with Gasteiger partial charge in [-0.1, -0.05) is 0 Å². The maximum Gasteiger partial charge on any atom is 0.244 e. The Bertz CT molecular complexity index is 544. The van der Waals surface area contributed by atoms with Crippen LogP contribution in [0.25, 0.3) is 0 Å². The van der Waals surface area contributed by atoms with E-state index in [1.165, 1.54) is 0 Å². The largest absolute Gasteiger partial charge is 0.465 e. The highest BCUT2D eigenvalue weighted by Crippen LogP contribution is 2.28. The van der Waals surface area contributed by atoms with Gasteiger partial charge in [-0.25, -0.2) is 13.1 Å². The Morgan fingerprint density at radius 2 is 2.16 bits per heavy atom. The first-order valence-corrected chi connectivity index (χ1v) is 8.80. The smallest absolute Gasteiger partial charge is 0.244 e. The van der Waals surface area contributed by atoms with Gasteiger partial charge in [0.1, 0.15) is 16.4 Å². The zero-order chi connectivity index (χ0) is 14.0. The minimum atomic E-state index is -3.62. The number of furan rings is 1. The summed E-state index contributed by atoms with van der Waals surface area (Å²) in [5.74, 6) is 1.88. The minimum Gasteiger partial charge on any atom is -0.465 e. The Hall–Kier alpha value is -0.500. The lowest BCUT2D eigenvalue weighted by Gasteiger charge is -2.11. The summed E-state index contributed by atoms with van der Waals surface area (Å²) in [6.45, 7) is 3.36. The first kappa shape index (κ1) is 14.9. The molecule has 0 radical (unpaired) electrons. The Kier molecular flexibility index (Phi) is 4.60. The molecule has 1 atom stereocenters. The van der Waals surface area contributed by atoms with Gasteiger partial charge >= 0.3 is 0 Å². The molecular weight excluding hydrogens is 286 g/mol. The first-order valence-electron chi connectivity index (χ1n) is 6.26. The van der Waals surface area contributed by atoms with Crippen LogP contribution in [0, 0.1) is 13.8 Å². The third kappa shape index (κ3) is 3.16. The molecule has 1 aliphatic heterocycles. The Labute approximate surface area is 117 Å². The summed E-state index contributed by atoms with van der Waals surface area (Å²) >= 11 is 1.80. The lowest BCUT2D eigenvalue weighted by Crippen LogP contribution is -2.30. The van der Waals surface area contributed by atoms with Crippen molar-refractivity contribution in [3.63, 3.8) is 0 Å².